The summed E-state index contributed by atoms with van der Waals surface area (Å²) in [7, 11) is 6.10. The molecule has 8 nitrogen and oxygen atoms in total. The second kappa shape index (κ2) is 7.78. The average Bonchev–Trinajstić information content (AvgIpc) is 3.30. The van der Waals surface area contributed by atoms with Crippen molar-refractivity contribution in [3.05, 3.63) is 47.5 Å². The summed E-state index contributed by atoms with van der Waals surface area (Å²) in [6, 6.07) is 10.3. The van der Waals surface area contributed by atoms with Crippen LogP contribution in [0.25, 0.3) is 0 Å². The first-order chi connectivity index (χ1) is 14.5. The highest BCUT2D eigenvalue weighted by atomic mass is 16.6. The van der Waals surface area contributed by atoms with Crippen LogP contribution in [0.15, 0.2) is 36.4 Å². The molecule has 8 heteroatoms. The number of carbonyl (C=O) groups excluding carboxylic acids is 2. The maximum absolute atomic E-state index is 12.8. The first-order valence-electron chi connectivity index (χ1n) is 9.37. The molecule has 4 atom stereocenters. The Balaban J connectivity index is 1.68. The van der Waals surface area contributed by atoms with Gasteiger partial charge < -0.3 is 28.4 Å². The second-order valence-corrected chi connectivity index (χ2v) is 7.00. The number of carbonyl (C=O) groups is 2. The van der Waals surface area contributed by atoms with Gasteiger partial charge in [0.15, 0.2) is 23.0 Å². The first kappa shape index (κ1) is 19.9. The standard InChI is InChI=1S/C22H22O8/c1-25-13-7-5-11(9-15(13)27-3)19-17-18(22(24)29-19)20(30-21(17)23)12-6-8-14(26-2)16(10-12)28-4/h5-10,17-20H,1-4H3/t17-,18-,19+,20+/m0/s1. The van der Waals surface area contributed by atoms with Gasteiger partial charge in [-0.1, -0.05) is 12.1 Å². The highest BCUT2D eigenvalue weighted by molar-refractivity contribution is 5.89. The van der Waals surface area contributed by atoms with E-state index in [-0.39, 0.29) is 0 Å². The zero-order valence-electron chi connectivity index (χ0n) is 17.0. The Bertz CT molecular complexity index is 906. The number of cyclic esters (lactones) is 2. The van der Waals surface area contributed by atoms with Crippen molar-refractivity contribution in [2.75, 3.05) is 28.4 Å². The van der Waals surface area contributed by atoms with Crippen LogP contribution in [0.4, 0.5) is 0 Å². The van der Waals surface area contributed by atoms with E-state index in [0.29, 0.717) is 34.1 Å². The summed E-state index contributed by atoms with van der Waals surface area (Å²) >= 11 is 0. The number of ether oxygens (including phenoxy) is 6. The van der Waals surface area contributed by atoms with Crippen molar-refractivity contribution in [3.63, 3.8) is 0 Å². The summed E-state index contributed by atoms with van der Waals surface area (Å²) in [6.45, 7) is 0. The Morgan fingerprint density at radius 1 is 0.600 bits per heavy atom. The van der Waals surface area contributed by atoms with Gasteiger partial charge in [-0.05, 0) is 35.4 Å². The van der Waals surface area contributed by atoms with Crippen molar-refractivity contribution in [3.8, 4) is 23.0 Å². The molecule has 0 aromatic heterocycles. The van der Waals surface area contributed by atoms with Crippen molar-refractivity contribution in [1.29, 1.82) is 0 Å². The predicted molar refractivity (Wildman–Crippen MR) is 104 cm³/mol. The molecule has 2 aromatic carbocycles. The molecule has 158 valence electrons. The molecule has 0 amide bonds. The molecule has 0 aliphatic carbocycles. The molecule has 2 heterocycles. The maximum atomic E-state index is 12.8. The molecule has 0 bridgehead atoms. The topological polar surface area (TPSA) is 89.5 Å². The summed E-state index contributed by atoms with van der Waals surface area (Å²) in [5, 5.41) is 0. The smallest absolute Gasteiger partial charge is 0.314 e. The van der Waals surface area contributed by atoms with Crippen LogP contribution >= 0.6 is 0 Å². The highest BCUT2D eigenvalue weighted by Crippen LogP contribution is 2.52. The minimum Gasteiger partial charge on any atom is -0.493 e. The molecule has 2 aliphatic heterocycles. The van der Waals surface area contributed by atoms with Crippen LogP contribution in [-0.2, 0) is 19.1 Å². The van der Waals surface area contributed by atoms with Crippen LogP contribution in [-0.4, -0.2) is 40.4 Å². The normalized spacial score (nSPS) is 24.7. The summed E-state index contributed by atoms with van der Waals surface area (Å²) < 4.78 is 32.4. The number of rotatable bonds is 6. The van der Waals surface area contributed by atoms with E-state index in [1.807, 2.05) is 0 Å². The molecule has 0 spiro atoms. The van der Waals surface area contributed by atoms with Gasteiger partial charge >= 0.3 is 11.9 Å². The molecule has 2 saturated heterocycles. The van der Waals surface area contributed by atoms with E-state index < -0.39 is 36.0 Å². The number of fused-ring (bicyclic) bond motifs is 1. The summed E-state index contributed by atoms with van der Waals surface area (Å²) in [4.78, 5) is 25.5. The van der Waals surface area contributed by atoms with Crippen LogP contribution < -0.4 is 18.9 Å². The van der Waals surface area contributed by atoms with E-state index in [2.05, 4.69) is 0 Å². The molecule has 2 aromatic rings. The number of methoxy groups -OCH3 is 4. The molecule has 2 aliphatic rings. The molecule has 0 radical (unpaired) electrons. The van der Waals surface area contributed by atoms with Gasteiger partial charge in [0.2, 0.25) is 0 Å². The molecule has 0 unspecified atom stereocenters. The molecule has 2 fully saturated rings. The van der Waals surface area contributed by atoms with Gasteiger partial charge in [0, 0.05) is 0 Å². The van der Waals surface area contributed by atoms with Crippen molar-refractivity contribution in [2.45, 2.75) is 12.2 Å². The quantitative estimate of drug-likeness (QED) is 0.667. The zero-order chi connectivity index (χ0) is 21.4. The van der Waals surface area contributed by atoms with Crippen LogP contribution in [0.5, 0.6) is 23.0 Å². The lowest BCUT2D eigenvalue weighted by Gasteiger charge is -2.17. The van der Waals surface area contributed by atoms with E-state index in [1.165, 1.54) is 28.4 Å². The fraction of sp³-hybridized carbons (Fsp3) is 0.364. The SMILES string of the molecule is COc1ccc([C@H]2OC(=O)[C@H]3[C@@H]2C(=O)O[C@@H]3c2ccc(OC)c(OC)c2)cc1OC. The van der Waals surface area contributed by atoms with E-state index in [1.54, 1.807) is 36.4 Å². The van der Waals surface area contributed by atoms with Crippen molar-refractivity contribution >= 4 is 11.9 Å². The monoisotopic (exact) mass is 414 g/mol. The van der Waals surface area contributed by atoms with Gasteiger partial charge in [-0.2, -0.15) is 0 Å². The van der Waals surface area contributed by atoms with Gasteiger partial charge in [-0.25, -0.2) is 0 Å². The van der Waals surface area contributed by atoms with Gasteiger partial charge in [0.25, 0.3) is 0 Å². The largest absolute Gasteiger partial charge is 0.493 e. The molecule has 4 rings (SSSR count). The number of benzene rings is 2. The van der Waals surface area contributed by atoms with Crippen molar-refractivity contribution in [1.82, 2.24) is 0 Å². The van der Waals surface area contributed by atoms with E-state index in [0.717, 1.165) is 0 Å². The Morgan fingerprint density at radius 3 is 1.30 bits per heavy atom. The Hall–Kier alpha value is -3.42. The highest BCUT2D eigenvalue weighted by Gasteiger charge is 2.60. The summed E-state index contributed by atoms with van der Waals surface area (Å²) in [5.41, 5.74) is 1.27. The molecule has 0 saturated carbocycles. The van der Waals surface area contributed by atoms with Crippen LogP contribution in [0.2, 0.25) is 0 Å². The lowest BCUT2D eigenvalue weighted by molar-refractivity contribution is -0.154. The lowest BCUT2D eigenvalue weighted by Crippen LogP contribution is -2.19. The summed E-state index contributed by atoms with van der Waals surface area (Å²) in [5.74, 6) is -0.425. The van der Waals surface area contributed by atoms with Gasteiger partial charge in [-0.15, -0.1) is 0 Å². The van der Waals surface area contributed by atoms with E-state index >= 15 is 0 Å². The molecule has 30 heavy (non-hydrogen) atoms. The third-order valence-electron chi connectivity index (χ3n) is 5.54. The fourth-order valence-corrected chi connectivity index (χ4v) is 4.08. The van der Waals surface area contributed by atoms with Crippen LogP contribution in [0, 0.1) is 11.8 Å². The number of esters is 2. The molecular weight excluding hydrogens is 392 g/mol. The van der Waals surface area contributed by atoms with Gasteiger partial charge in [0.05, 0.1) is 28.4 Å². The average molecular weight is 414 g/mol. The van der Waals surface area contributed by atoms with Gasteiger partial charge in [-0.3, -0.25) is 9.59 Å². The van der Waals surface area contributed by atoms with Crippen LogP contribution in [0.1, 0.15) is 23.3 Å². The minimum atomic E-state index is -0.764. The first-order valence-corrected chi connectivity index (χ1v) is 9.37. The third-order valence-corrected chi connectivity index (χ3v) is 5.54. The molecular formula is C22H22O8. The van der Waals surface area contributed by atoms with Crippen LogP contribution in [0.3, 0.4) is 0 Å². The summed E-state index contributed by atoms with van der Waals surface area (Å²) in [6.07, 6.45) is -1.53. The third kappa shape index (κ3) is 3.08. The predicted octanol–water partition coefficient (Wildman–Crippen LogP) is 2.85. The van der Waals surface area contributed by atoms with Crippen molar-refractivity contribution in [2.24, 2.45) is 11.8 Å². The van der Waals surface area contributed by atoms with Gasteiger partial charge in [0.1, 0.15) is 24.0 Å². The second-order valence-electron chi connectivity index (χ2n) is 7.00. The molecule has 0 N–H and O–H groups in total. The Kier molecular flexibility index (Phi) is 5.15. The van der Waals surface area contributed by atoms with E-state index in [9.17, 15) is 9.59 Å². The zero-order valence-corrected chi connectivity index (χ0v) is 17.0. The lowest BCUT2D eigenvalue weighted by atomic mass is 9.84. The number of hydrogen-bond donors (Lipinski definition) is 0. The Morgan fingerprint density at radius 2 is 0.967 bits per heavy atom. The minimum absolute atomic E-state index is 0.481. The number of hydrogen-bond acceptors (Lipinski definition) is 8. The van der Waals surface area contributed by atoms with E-state index in [4.69, 9.17) is 28.4 Å². The fourth-order valence-electron chi connectivity index (χ4n) is 4.08. The Labute approximate surface area is 173 Å². The maximum Gasteiger partial charge on any atom is 0.314 e. The van der Waals surface area contributed by atoms with Crippen molar-refractivity contribution < 1.29 is 38.0 Å².